The van der Waals surface area contributed by atoms with Crippen molar-refractivity contribution in [2.45, 2.75) is 26.9 Å². The SMILES string of the molecule is CCNC(=NCc1nnc2ccccn12)NCC(C)Cn1cccn1. The molecule has 0 aliphatic carbocycles. The molecule has 132 valence electrons. The van der Waals surface area contributed by atoms with Crippen LogP contribution in [0.1, 0.15) is 19.7 Å². The van der Waals surface area contributed by atoms with Gasteiger partial charge in [0, 0.05) is 38.2 Å². The van der Waals surface area contributed by atoms with Crippen LogP contribution in [0.2, 0.25) is 0 Å². The highest BCUT2D eigenvalue weighted by Crippen LogP contribution is 2.04. The van der Waals surface area contributed by atoms with Crippen LogP contribution in [0, 0.1) is 5.92 Å². The van der Waals surface area contributed by atoms with E-state index >= 15 is 0 Å². The van der Waals surface area contributed by atoms with Gasteiger partial charge in [0.05, 0.1) is 0 Å². The summed E-state index contributed by atoms with van der Waals surface area (Å²) >= 11 is 0. The quantitative estimate of drug-likeness (QED) is 0.500. The van der Waals surface area contributed by atoms with Crippen LogP contribution in [0.25, 0.3) is 5.65 Å². The summed E-state index contributed by atoms with van der Waals surface area (Å²) in [5, 5.41) is 19.3. The molecule has 0 aliphatic rings. The Morgan fingerprint density at radius 1 is 1.20 bits per heavy atom. The lowest BCUT2D eigenvalue weighted by atomic mass is 10.2. The Kier molecular flexibility index (Phi) is 5.61. The van der Waals surface area contributed by atoms with Crippen LogP contribution in [0.3, 0.4) is 0 Å². The van der Waals surface area contributed by atoms with Gasteiger partial charge in [-0.3, -0.25) is 9.08 Å². The van der Waals surface area contributed by atoms with Crippen molar-refractivity contribution in [3.63, 3.8) is 0 Å². The van der Waals surface area contributed by atoms with Crippen LogP contribution in [-0.4, -0.2) is 43.4 Å². The fourth-order valence-electron chi connectivity index (χ4n) is 2.55. The first-order valence-corrected chi connectivity index (χ1v) is 8.54. The highest BCUT2D eigenvalue weighted by atomic mass is 15.3. The van der Waals surface area contributed by atoms with Crippen LogP contribution >= 0.6 is 0 Å². The summed E-state index contributed by atoms with van der Waals surface area (Å²) in [5.74, 6) is 2.03. The molecule has 8 heteroatoms. The van der Waals surface area contributed by atoms with Gasteiger partial charge in [-0.2, -0.15) is 5.10 Å². The topological polar surface area (TPSA) is 84.4 Å². The van der Waals surface area contributed by atoms with Gasteiger partial charge in [0.2, 0.25) is 0 Å². The number of nitrogens with zero attached hydrogens (tertiary/aromatic N) is 6. The molecule has 0 saturated carbocycles. The van der Waals surface area contributed by atoms with E-state index in [9.17, 15) is 0 Å². The minimum atomic E-state index is 0.428. The van der Waals surface area contributed by atoms with Crippen LogP contribution in [0.4, 0.5) is 0 Å². The van der Waals surface area contributed by atoms with E-state index in [1.165, 1.54) is 0 Å². The number of fused-ring (bicyclic) bond motifs is 1. The summed E-state index contributed by atoms with van der Waals surface area (Å²) < 4.78 is 3.89. The summed E-state index contributed by atoms with van der Waals surface area (Å²) in [6.07, 6.45) is 5.73. The molecule has 0 aromatic carbocycles. The van der Waals surface area contributed by atoms with Gasteiger partial charge in [-0.1, -0.05) is 13.0 Å². The van der Waals surface area contributed by atoms with E-state index in [1.807, 2.05) is 45.7 Å². The maximum Gasteiger partial charge on any atom is 0.191 e. The number of aliphatic imine (C=N–C) groups is 1. The highest BCUT2D eigenvalue weighted by Gasteiger charge is 2.07. The predicted octanol–water partition coefficient (Wildman–Crippen LogP) is 1.32. The molecule has 0 aliphatic heterocycles. The molecule has 3 heterocycles. The third-order valence-electron chi connectivity index (χ3n) is 3.78. The van der Waals surface area contributed by atoms with Gasteiger partial charge in [-0.05, 0) is 31.0 Å². The van der Waals surface area contributed by atoms with Crippen molar-refractivity contribution in [1.29, 1.82) is 0 Å². The molecule has 0 saturated heterocycles. The first-order chi connectivity index (χ1) is 12.3. The van der Waals surface area contributed by atoms with Gasteiger partial charge in [-0.15, -0.1) is 10.2 Å². The van der Waals surface area contributed by atoms with E-state index in [1.54, 1.807) is 6.20 Å². The summed E-state index contributed by atoms with van der Waals surface area (Å²) in [6.45, 7) is 7.19. The number of hydrogen-bond donors (Lipinski definition) is 2. The van der Waals surface area contributed by atoms with E-state index < -0.39 is 0 Å². The molecule has 0 fully saturated rings. The number of aromatic nitrogens is 5. The third-order valence-corrected chi connectivity index (χ3v) is 3.78. The van der Waals surface area contributed by atoms with E-state index in [0.717, 1.165) is 37.1 Å². The zero-order chi connectivity index (χ0) is 17.5. The lowest BCUT2D eigenvalue weighted by Gasteiger charge is -2.15. The second kappa shape index (κ2) is 8.27. The first-order valence-electron chi connectivity index (χ1n) is 8.54. The molecule has 3 rings (SSSR count). The largest absolute Gasteiger partial charge is 0.357 e. The molecule has 0 radical (unpaired) electrons. The van der Waals surface area contributed by atoms with Crippen molar-refractivity contribution >= 4 is 11.6 Å². The standard InChI is InChI=1S/C17H24N8/c1-3-18-17(19-11-14(2)13-24-9-6-8-21-24)20-12-16-23-22-15-7-4-5-10-25(15)16/h4-10,14H,3,11-13H2,1-2H3,(H2,18,19,20). The van der Waals surface area contributed by atoms with Gasteiger partial charge in [0.1, 0.15) is 6.54 Å². The van der Waals surface area contributed by atoms with E-state index in [-0.39, 0.29) is 0 Å². The lowest BCUT2D eigenvalue weighted by Crippen LogP contribution is -2.40. The Morgan fingerprint density at radius 3 is 2.92 bits per heavy atom. The molecule has 0 bridgehead atoms. The number of pyridine rings is 1. The first kappa shape index (κ1) is 16.9. The van der Waals surface area contributed by atoms with Gasteiger partial charge in [-0.25, -0.2) is 4.99 Å². The number of hydrogen-bond acceptors (Lipinski definition) is 4. The zero-order valence-electron chi connectivity index (χ0n) is 14.6. The smallest absolute Gasteiger partial charge is 0.191 e. The average Bonchev–Trinajstić information content (AvgIpc) is 3.27. The number of guanidine groups is 1. The Labute approximate surface area is 147 Å². The Bertz CT molecular complexity index is 805. The monoisotopic (exact) mass is 340 g/mol. The van der Waals surface area contributed by atoms with Gasteiger partial charge >= 0.3 is 0 Å². The molecule has 2 N–H and O–H groups in total. The minimum absolute atomic E-state index is 0.428. The average molecular weight is 340 g/mol. The Balaban J connectivity index is 1.59. The molecule has 1 unspecified atom stereocenters. The van der Waals surface area contributed by atoms with Crippen molar-refractivity contribution in [3.05, 3.63) is 48.7 Å². The maximum atomic E-state index is 4.62. The number of nitrogens with one attached hydrogen (secondary N) is 2. The molecule has 3 aromatic rings. The fourth-order valence-corrected chi connectivity index (χ4v) is 2.55. The maximum absolute atomic E-state index is 4.62. The Morgan fingerprint density at radius 2 is 2.12 bits per heavy atom. The molecule has 3 aromatic heterocycles. The fraction of sp³-hybridized carbons (Fsp3) is 0.412. The second-order valence-corrected chi connectivity index (χ2v) is 5.95. The molecular formula is C17H24N8. The van der Waals surface area contributed by atoms with E-state index in [0.29, 0.717) is 12.5 Å². The second-order valence-electron chi connectivity index (χ2n) is 5.95. The lowest BCUT2D eigenvalue weighted by molar-refractivity contribution is 0.443. The molecule has 0 spiro atoms. The van der Waals surface area contributed by atoms with Crippen LogP contribution < -0.4 is 10.6 Å². The molecule has 25 heavy (non-hydrogen) atoms. The number of rotatable bonds is 7. The summed E-state index contributed by atoms with van der Waals surface area (Å²) in [7, 11) is 0. The van der Waals surface area contributed by atoms with E-state index in [4.69, 9.17) is 0 Å². The van der Waals surface area contributed by atoms with Crippen molar-refractivity contribution in [2.75, 3.05) is 13.1 Å². The third kappa shape index (κ3) is 4.56. The van der Waals surface area contributed by atoms with Crippen LogP contribution in [0.5, 0.6) is 0 Å². The van der Waals surface area contributed by atoms with Crippen molar-refractivity contribution in [3.8, 4) is 0 Å². The van der Waals surface area contributed by atoms with Gasteiger partial charge in [0.25, 0.3) is 0 Å². The molecule has 8 nitrogen and oxygen atoms in total. The molecule has 0 amide bonds. The van der Waals surface area contributed by atoms with E-state index in [2.05, 4.69) is 44.8 Å². The van der Waals surface area contributed by atoms with Crippen molar-refractivity contribution in [2.24, 2.45) is 10.9 Å². The van der Waals surface area contributed by atoms with Crippen molar-refractivity contribution < 1.29 is 0 Å². The predicted molar refractivity (Wildman–Crippen MR) is 97.2 cm³/mol. The summed E-state index contributed by atoms with van der Waals surface area (Å²) in [5.41, 5.74) is 0.832. The van der Waals surface area contributed by atoms with Crippen molar-refractivity contribution in [1.82, 2.24) is 35.0 Å². The normalized spacial score (nSPS) is 13.1. The molecule has 1 atom stereocenters. The van der Waals surface area contributed by atoms with Gasteiger partial charge in [0.15, 0.2) is 17.4 Å². The summed E-state index contributed by atoms with van der Waals surface area (Å²) in [6, 6.07) is 7.78. The highest BCUT2D eigenvalue weighted by molar-refractivity contribution is 5.79. The van der Waals surface area contributed by atoms with Gasteiger partial charge < -0.3 is 10.6 Å². The summed E-state index contributed by atoms with van der Waals surface area (Å²) in [4.78, 5) is 4.62. The zero-order valence-corrected chi connectivity index (χ0v) is 14.6. The van der Waals surface area contributed by atoms with Crippen LogP contribution in [-0.2, 0) is 13.1 Å². The van der Waals surface area contributed by atoms with Crippen LogP contribution in [0.15, 0.2) is 47.8 Å². The minimum Gasteiger partial charge on any atom is -0.357 e. The molecular weight excluding hydrogens is 316 g/mol. The Hall–Kier alpha value is -2.90.